The number of hydrogen-bond donors (Lipinski definition) is 1. The van der Waals surface area contributed by atoms with E-state index in [-0.39, 0.29) is 18.1 Å². The van der Waals surface area contributed by atoms with Crippen molar-refractivity contribution in [2.45, 2.75) is 78.6 Å². The van der Waals surface area contributed by atoms with Crippen LogP contribution in [-0.2, 0) is 4.79 Å². The van der Waals surface area contributed by atoms with Crippen LogP contribution in [0, 0.1) is 5.92 Å². The SMILES string of the molecule is CCC1NC(C)C(=O)N1C(C)CCCC(C)C. The molecule has 1 amide bonds. The van der Waals surface area contributed by atoms with Crippen LogP contribution in [0.25, 0.3) is 0 Å². The van der Waals surface area contributed by atoms with Crippen molar-refractivity contribution < 1.29 is 4.79 Å². The second kappa shape index (κ2) is 6.39. The molecule has 0 saturated carbocycles. The van der Waals surface area contributed by atoms with E-state index in [1.165, 1.54) is 12.8 Å². The lowest BCUT2D eigenvalue weighted by Crippen LogP contribution is -2.42. The van der Waals surface area contributed by atoms with Crippen molar-refractivity contribution in [3.63, 3.8) is 0 Å². The van der Waals surface area contributed by atoms with Gasteiger partial charge < -0.3 is 4.90 Å². The van der Waals surface area contributed by atoms with Gasteiger partial charge in [-0.25, -0.2) is 0 Å². The third kappa shape index (κ3) is 3.70. The highest BCUT2D eigenvalue weighted by Crippen LogP contribution is 2.20. The lowest BCUT2D eigenvalue weighted by molar-refractivity contribution is -0.131. The topological polar surface area (TPSA) is 32.3 Å². The van der Waals surface area contributed by atoms with Gasteiger partial charge in [-0.2, -0.15) is 0 Å². The Morgan fingerprint density at radius 3 is 2.47 bits per heavy atom. The smallest absolute Gasteiger partial charge is 0.240 e. The average Bonchev–Trinajstić information content (AvgIpc) is 2.54. The standard InChI is InChI=1S/C14H28N2O/c1-6-13-15-12(5)14(17)16(13)11(4)9-7-8-10(2)3/h10-13,15H,6-9H2,1-5H3. The summed E-state index contributed by atoms with van der Waals surface area (Å²) in [4.78, 5) is 14.1. The van der Waals surface area contributed by atoms with Crippen molar-refractivity contribution in [1.82, 2.24) is 10.2 Å². The molecular weight excluding hydrogens is 212 g/mol. The van der Waals surface area contributed by atoms with E-state index in [9.17, 15) is 4.79 Å². The molecule has 1 fully saturated rings. The minimum absolute atomic E-state index is 0.00695. The first-order chi connectivity index (χ1) is 7.97. The Balaban J connectivity index is 2.48. The predicted molar refractivity (Wildman–Crippen MR) is 71.7 cm³/mol. The highest BCUT2D eigenvalue weighted by Gasteiger charge is 2.37. The monoisotopic (exact) mass is 240 g/mol. The molecule has 1 rings (SSSR count). The van der Waals surface area contributed by atoms with E-state index >= 15 is 0 Å². The maximum Gasteiger partial charge on any atom is 0.240 e. The summed E-state index contributed by atoms with van der Waals surface area (Å²) in [5.74, 6) is 1.03. The summed E-state index contributed by atoms with van der Waals surface area (Å²) >= 11 is 0. The van der Waals surface area contributed by atoms with Crippen molar-refractivity contribution in [2.75, 3.05) is 0 Å². The van der Waals surface area contributed by atoms with Crippen molar-refractivity contribution in [3.8, 4) is 0 Å². The van der Waals surface area contributed by atoms with Crippen LogP contribution >= 0.6 is 0 Å². The van der Waals surface area contributed by atoms with E-state index in [0.717, 1.165) is 18.8 Å². The van der Waals surface area contributed by atoms with E-state index < -0.39 is 0 Å². The Morgan fingerprint density at radius 2 is 1.94 bits per heavy atom. The summed E-state index contributed by atoms with van der Waals surface area (Å²) in [6.07, 6.45) is 4.82. The van der Waals surface area contributed by atoms with E-state index in [2.05, 4.69) is 37.9 Å². The zero-order valence-electron chi connectivity index (χ0n) is 12.0. The number of hydrogen-bond acceptors (Lipinski definition) is 2. The highest BCUT2D eigenvalue weighted by atomic mass is 16.2. The van der Waals surface area contributed by atoms with Crippen molar-refractivity contribution in [3.05, 3.63) is 0 Å². The van der Waals surface area contributed by atoms with Crippen molar-refractivity contribution in [1.29, 1.82) is 0 Å². The third-order valence-electron chi connectivity index (χ3n) is 3.67. The Hall–Kier alpha value is -0.570. The summed E-state index contributed by atoms with van der Waals surface area (Å²) in [6, 6.07) is 0.358. The summed E-state index contributed by atoms with van der Waals surface area (Å²) in [5, 5.41) is 3.36. The number of nitrogens with zero attached hydrogens (tertiary/aromatic N) is 1. The van der Waals surface area contributed by atoms with Crippen LogP contribution in [0.15, 0.2) is 0 Å². The first-order valence-electron chi connectivity index (χ1n) is 7.05. The van der Waals surface area contributed by atoms with Crippen LogP contribution in [0.2, 0.25) is 0 Å². The molecule has 0 spiro atoms. The van der Waals surface area contributed by atoms with Gasteiger partial charge in [-0.15, -0.1) is 0 Å². The van der Waals surface area contributed by atoms with Gasteiger partial charge in [0, 0.05) is 6.04 Å². The Bertz CT molecular complexity index is 253. The van der Waals surface area contributed by atoms with Gasteiger partial charge in [0.15, 0.2) is 0 Å². The zero-order chi connectivity index (χ0) is 13.0. The molecule has 1 saturated heterocycles. The fourth-order valence-electron chi connectivity index (χ4n) is 2.62. The molecule has 0 radical (unpaired) electrons. The molecule has 1 N–H and O–H groups in total. The molecule has 0 aromatic heterocycles. The molecule has 3 nitrogen and oxygen atoms in total. The summed E-state index contributed by atoms with van der Waals surface area (Å²) in [7, 11) is 0. The van der Waals surface area contributed by atoms with E-state index in [1.54, 1.807) is 0 Å². The molecule has 1 aliphatic heterocycles. The maximum absolute atomic E-state index is 12.1. The lowest BCUT2D eigenvalue weighted by Gasteiger charge is -2.30. The summed E-state index contributed by atoms with van der Waals surface area (Å²) in [5.41, 5.74) is 0. The van der Waals surface area contributed by atoms with Gasteiger partial charge in [0.2, 0.25) is 5.91 Å². The van der Waals surface area contributed by atoms with Gasteiger partial charge in [0.25, 0.3) is 0 Å². The number of amides is 1. The van der Waals surface area contributed by atoms with E-state index in [4.69, 9.17) is 0 Å². The van der Waals surface area contributed by atoms with Gasteiger partial charge in [-0.05, 0) is 32.6 Å². The number of carbonyl (C=O) groups excluding carboxylic acids is 1. The van der Waals surface area contributed by atoms with Crippen LogP contribution in [-0.4, -0.2) is 29.1 Å². The molecular formula is C14H28N2O. The molecule has 1 heterocycles. The number of nitrogens with one attached hydrogen (secondary N) is 1. The second-order valence-electron chi connectivity index (χ2n) is 5.73. The molecule has 3 heteroatoms. The van der Waals surface area contributed by atoms with Gasteiger partial charge >= 0.3 is 0 Å². The molecule has 100 valence electrons. The molecule has 3 atom stereocenters. The summed E-state index contributed by atoms with van der Waals surface area (Å²) < 4.78 is 0. The van der Waals surface area contributed by atoms with Crippen molar-refractivity contribution in [2.24, 2.45) is 5.92 Å². The molecule has 1 aliphatic rings. The van der Waals surface area contributed by atoms with Gasteiger partial charge in [0.05, 0.1) is 12.2 Å². The fourth-order valence-corrected chi connectivity index (χ4v) is 2.62. The normalized spacial score (nSPS) is 26.9. The molecule has 0 bridgehead atoms. The van der Waals surface area contributed by atoms with Gasteiger partial charge in [0.1, 0.15) is 0 Å². The maximum atomic E-state index is 12.1. The Morgan fingerprint density at radius 1 is 1.29 bits per heavy atom. The van der Waals surface area contributed by atoms with Crippen LogP contribution < -0.4 is 5.32 Å². The Kier molecular flexibility index (Phi) is 5.44. The third-order valence-corrected chi connectivity index (χ3v) is 3.67. The van der Waals surface area contributed by atoms with Crippen LogP contribution in [0.1, 0.15) is 60.3 Å². The molecule has 0 aromatic rings. The van der Waals surface area contributed by atoms with E-state index in [1.807, 2.05) is 6.92 Å². The second-order valence-corrected chi connectivity index (χ2v) is 5.73. The molecule has 0 aliphatic carbocycles. The average molecular weight is 240 g/mol. The minimum Gasteiger partial charge on any atom is -0.323 e. The lowest BCUT2D eigenvalue weighted by atomic mass is 10.0. The number of rotatable bonds is 6. The fraction of sp³-hybridized carbons (Fsp3) is 0.929. The van der Waals surface area contributed by atoms with Crippen LogP contribution in [0.3, 0.4) is 0 Å². The van der Waals surface area contributed by atoms with Gasteiger partial charge in [-0.1, -0.05) is 33.6 Å². The predicted octanol–water partition coefficient (Wildman–Crippen LogP) is 2.76. The van der Waals surface area contributed by atoms with Crippen LogP contribution in [0.4, 0.5) is 0 Å². The number of carbonyl (C=O) groups is 1. The molecule has 17 heavy (non-hydrogen) atoms. The minimum atomic E-state index is -0.00695. The highest BCUT2D eigenvalue weighted by molar-refractivity contribution is 5.84. The first-order valence-corrected chi connectivity index (χ1v) is 7.05. The van der Waals surface area contributed by atoms with Crippen LogP contribution in [0.5, 0.6) is 0 Å². The summed E-state index contributed by atoms with van der Waals surface area (Å²) in [6.45, 7) is 10.8. The first kappa shape index (κ1) is 14.5. The quantitative estimate of drug-likeness (QED) is 0.774. The molecule has 0 aromatic carbocycles. The largest absolute Gasteiger partial charge is 0.323 e. The van der Waals surface area contributed by atoms with E-state index in [0.29, 0.717) is 6.04 Å². The Labute approximate surface area is 106 Å². The van der Waals surface area contributed by atoms with Crippen molar-refractivity contribution >= 4 is 5.91 Å². The van der Waals surface area contributed by atoms with Gasteiger partial charge in [-0.3, -0.25) is 10.1 Å². The molecule has 3 unspecified atom stereocenters. The zero-order valence-corrected chi connectivity index (χ0v) is 12.0.